The van der Waals surface area contributed by atoms with Crippen molar-refractivity contribution >= 4 is 5.91 Å². The SMILES string of the molecule is C[NH+](C)[C@H](C[NH2+]CC(=O)N[C@H]1CCCc2ccccc21)c1ccccc1. The second-order valence-electron chi connectivity index (χ2n) is 7.48. The van der Waals surface area contributed by atoms with Crippen molar-refractivity contribution in [3.8, 4) is 0 Å². The molecule has 3 rings (SSSR count). The predicted molar refractivity (Wildman–Crippen MR) is 104 cm³/mol. The monoisotopic (exact) mass is 353 g/mol. The lowest BCUT2D eigenvalue weighted by molar-refractivity contribution is -0.908. The number of amides is 1. The fourth-order valence-corrected chi connectivity index (χ4v) is 3.93. The number of hydrogen-bond donors (Lipinski definition) is 3. The Kier molecular flexibility index (Phi) is 6.42. The highest BCUT2D eigenvalue weighted by Crippen LogP contribution is 2.29. The summed E-state index contributed by atoms with van der Waals surface area (Å²) in [6.07, 6.45) is 3.31. The Morgan fingerprint density at radius 1 is 1.15 bits per heavy atom. The molecule has 0 aliphatic heterocycles. The Labute approximate surface area is 156 Å². The molecule has 0 radical (unpaired) electrons. The average molecular weight is 354 g/mol. The smallest absolute Gasteiger partial charge is 0.275 e. The van der Waals surface area contributed by atoms with Gasteiger partial charge in [-0.15, -0.1) is 0 Å². The minimum atomic E-state index is 0.132. The highest BCUT2D eigenvalue weighted by Gasteiger charge is 2.23. The lowest BCUT2D eigenvalue weighted by atomic mass is 9.88. The minimum absolute atomic E-state index is 0.132. The van der Waals surface area contributed by atoms with Crippen LogP contribution in [0.5, 0.6) is 0 Å². The largest absolute Gasteiger partial charge is 0.344 e. The molecule has 0 spiro atoms. The van der Waals surface area contributed by atoms with Crippen molar-refractivity contribution in [1.82, 2.24) is 5.32 Å². The molecule has 0 aromatic heterocycles. The molecule has 26 heavy (non-hydrogen) atoms. The minimum Gasteiger partial charge on any atom is -0.344 e. The summed E-state index contributed by atoms with van der Waals surface area (Å²) in [5.74, 6) is 0.132. The van der Waals surface area contributed by atoms with E-state index < -0.39 is 0 Å². The molecule has 1 aliphatic rings. The van der Waals surface area contributed by atoms with Crippen LogP contribution in [-0.2, 0) is 11.2 Å². The molecule has 0 fully saturated rings. The van der Waals surface area contributed by atoms with Gasteiger partial charge in [0.2, 0.25) is 0 Å². The zero-order valence-corrected chi connectivity index (χ0v) is 15.9. The second-order valence-corrected chi connectivity index (χ2v) is 7.48. The van der Waals surface area contributed by atoms with E-state index in [2.05, 4.69) is 73.3 Å². The van der Waals surface area contributed by atoms with Gasteiger partial charge in [0.05, 0.1) is 20.1 Å². The average Bonchev–Trinajstić information content (AvgIpc) is 2.66. The van der Waals surface area contributed by atoms with Crippen LogP contribution in [0.15, 0.2) is 54.6 Å². The number of carbonyl (C=O) groups is 1. The lowest BCUT2D eigenvalue weighted by Gasteiger charge is -2.26. The zero-order chi connectivity index (χ0) is 18.4. The number of aryl methyl sites for hydroxylation is 1. The third-order valence-electron chi connectivity index (χ3n) is 5.34. The first-order valence-electron chi connectivity index (χ1n) is 9.69. The van der Waals surface area contributed by atoms with Crippen LogP contribution in [0, 0.1) is 0 Å². The van der Waals surface area contributed by atoms with E-state index in [1.165, 1.54) is 21.6 Å². The Hall–Kier alpha value is -2.17. The fourth-order valence-electron chi connectivity index (χ4n) is 3.93. The number of likely N-dealkylation sites (N-methyl/N-ethyl adjacent to an activating group) is 1. The van der Waals surface area contributed by atoms with Crippen LogP contribution in [0.4, 0.5) is 0 Å². The molecule has 4 nitrogen and oxygen atoms in total. The predicted octanol–water partition coefficient (Wildman–Crippen LogP) is 0.629. The van der Waals surface area contributed by atoms with Gasteiger partial charge in [0.25, 0.3) is 5.91 Å². The van der Waals surface area contributed by atoms with E-state index in [1.54, 1.807) is 0 Å². The topological polar surface area (TPSA) is 50.2 Å². The molecule has 0 saturated carbocycles. The number of quaternary nitrogens is 2. The van der Waals surface area contributed by atoms with Gasteiger partial charge in [-0.3, -0.25) is 4.79 Å². The molecule has 0 bridgehead atoms. The maximum absolute atomic E-state index is 12.5. The molecule has 0 heterocycles. The van der Waals surface area contributed by atoms with E-state index in [0.29, 0.717) is 12.6 Å². The molecule has 2 atom stereocenters. The van der Waals surface area contributed by atoms with Crippen molar-refractivity contribution in [3.63, 3.8) is 0 Å². The third-order valence-corrected chi connectivity index (χ3v) is 5.34. The number of hydrogen-bond acceptors (Lipinski definition) is 1. The Bertz CT molecular complexity index is 714. The molecular formula is C22H31N3O+2. The van der Waals surface area contributed by atoms with Crippen LogP contribution >= 0.6 is 0 Å². The molecule has 4 heteroatoms. The van der Waals surface area contributed by atoms with Crippen molar-refractivity contribution in [2.24, 2.45) is 0 Å². The maximum Gasteiger partial charge on any atom is 0.275 e. The number of rotatable bonds is 7. The van der Waals surface area contributed by atoms with Crippen LogP contribution in [0.1, 0.15) is 41.6 Å². The first-order valence-corrected chi connectivity index (χ1v) is 9.69. The highest BCUT2D eigenvalue weighted by molar-refractivity contribution is 5.77. The van der Waals surface area contributed by atoms with E-state index in [-0.39, 0.29) is 11.9 Å². The van der Waals surface area contributed by atoms with Crippen LogP contribution in [0.3, 0.4) is 0 Å². The van der Waals surface area contributed by atoms with Gasteiger partial charge in [-0.25, -0.2) is 0 Å². The summed E-state index contributed by atoms with van der Waals surface area (Å²) in [5.41, 5.74) is 4.01. The molecule has 0 unspecified atom stereocenters. The lowest BCUT2D eigenvalue weighted by Crippen LogP contribution is -3.09. The summed E-state index contributed by atoms with van der Waals surface area (Å²) in [4.78, 5) is 13.8. The first kappa shape index (κ1) is 18.6. The van der Waals surface area contributed by atoms with Gasteiger partial charge >= 0.3 is 0 Å². The van der Waals surface area contributed by atoms with Crippen LogP contribution in [-0.4, -0.2) is 33.1 Å². The second kappa shape index (κ2) is 8.97. The fraction of sp³-hybridized carbons (Fsp3) is 0.409. The standard InChI is InChI=1S/C22H29N3O/c1-25(2)21(18-10-4-3-5-11-18)15-23-16-22(26)24-20-14-8-12-17-9-6-7-13-19(17)20/h3-7,9-11,13,20-21,23H,8,12,14-16H2,1-2H3,(H,24,26)/p+2/t20-,21+/m0/s1. The number of benzene rings is 2. The molecule has 4 N–H and O–H groups in total. The van der Waals surface area contributed by atoms with Gasteiger partial charge in [0.15, 0.2) is 12.6 Å². The number of fused-ring (bicyclic) bond motifs is 1. The molecule has 1 amide bonds. The number of carbonyl (C=O) groups excluding carboxylic acids is 1. The maximum atomic E-state index is 12.5. The van der Waals surface area contributed by atoms with Crippen molar-refractivity contribution < 1.29 is 15.0 Å². The van der Waals surface area contributed by atoms with Crippen LogP contribution in [0.25, 0.3) is 0 Å². The summed E-state index contributed by atoms with van der Waals surface area (Å²) < 4.78 is 0. The van der Waals surface area contributed by atoms with Gasteiger partial charge in [-0.2, -0.15) is 0 Å². The van der Waals surface area contributed by atoms with Crippen LogP contribution in [0.2, 0.25) is 0 Å². The van der Waals surface area contributed by atoms with E-state index in [4.69, 9.17) is 0 Å². The van der Waals surface area contributed by atoms with Gasteiger partial charge in [0.1, 0.15) is 6.54 Å². The van der Waals surface area contributed by atoms with Gasteiger partial charge in [0, 0.05) is 5.56 Å². The summed E-state index contributed by atoms with van der Waals surface area (Å²) in [6.45, 7) is 1.39. The summed E-state index contributed by atoms with van der Waals surface area (Å²) >= 11 is 0. The van der Waals surface area contributed by atoms with Crippen molar-refractivity contribution in [3.05, 3.63) is 71.3 Å². The molecule has 2 aromatic carbocycles. The van der Waals surface area contributed by atoms with E-state index in [0.717, 1.165) is 25.8 Å². The summed E-state index contributed by atoms with van der Waals surface area (Å²) in [5, 5.41) is 5.37. The van der Waals surface area contributed by atoms with E-state index in [9.17, 15) is 4.79 Å². The summed E-state index contributed by atoms with van der Waals surface area (Å²) in [7, 11) is 4.34. The van der Waals surface area contributed by atoms with E-state index >= 15 is 0 Å². The van der Waals surface area contributed by atoms with Crippen molar-refractivity contribution in [1.29, 1.82) is 0 Å². The Balaban J connectivity index is 1.52. The van der Waals surface area contributed by atoms with Crippen LogP contribution < -0.4 is 15.5 Å². The number of nitrogens with two attached hydrogens (primary N) is 1. The van der Waals surface area contributed by atoms with Crippen molar-refractivity contribution in [2.75, 3.05) is 27.2 Å². The molecule has 0 saturated heterocycles. The van der Waals surface area contributed by atoms with Gasteiger partial charge in [-0.1, -0.05) is 54.6 Å². The van der Waals surface area contributed by atoms with Gasteiger partial charge in [-0.05, 0) is 30.4 Å². The van der Waals surface area contributed by atoms with Gasteiger partial charge < -0.3 is 15.5 Å². The third kappa shape index (κ3) is 4.71. The normalized spacial score (nSPS) is 17.6. The summed E-state index contributed by atoms with van der Waals surface area (Å²) in [6, 6.07) is 19.6. The molecular weight excluding hydrogens is 322 g/mol. The molecule has 1 aliphatic carbocycles. The quantitative estimate of drug-likeness (QED) is 0.672. The molecule has 138 valence electrons. The zero-order valence-electron chi connectivity index (χ0n) is 15.9. The molecule has 2 aromatic rings. The highest BCUT2D eigenvalue weighted by atomic mass is 16.1. The first-order chi connectivity index (χ1) is 12.6. The van der Waals surface area contributed by atoms with Crippen molar-refractivity contribution in [2.45, 2.75) is 31.3 Å². The number of nitrogens with one attached hydrogen (secondary N) is 2. The Morgan fingerprint density at radius 2 is 1.88 bits per heavy atom. The van der Waals surface area contributed by atoms with E-state index in [1.807, 2.05) is 6.07 Å². The Morgan fingerprint density at radius 3 is 2.65 bits per heavy atom.